The Kier molecular flexibility index (Phi) is 2.72. The Labute approximate surface area is 112 Å². The molecular formula is C14H19N5. The van der Waals surface area contributed by atoms with Gasteiger partial charge in [0, 0.05) is 12.2 Å². The van der Waals surface area contributed by atoms with E-state index in [9.17, 15) is 0 Å². The summed E-state index contributed by atoms with van der Waals surface area (Å²) in [6.07, 6.45) is 9.73. The maximum atomic E-state index is 4.37. The van der Waals surface area contributed by atoms with Crippen LogP contribution in [0.5, 0.6) is 0 Å². The molecule has 5 heteroatoms. The molecule has 3 unspecified atom stereocenters. The van der Waals surface area contributed by atoms with Crippen molar-refractivity contribution < 1.29 is 0 Å². The van der Waals surface area contributed by atoms with Gasteiger partial charge < -0.3 is 5.32 Å². The van der Waals surface area contributed by atoms with Gasteiger partial charge in [-0.15, -0.1) is 10.2 Å². The van der Waals surface area contributed by atoms with Crippen molar-refractivity contribution >= 4 is 5.65 Å². The van der Waals surface area contributed by atoms with E-state index in [0.29, 0.717) is 12.1 Å². The Hall–Kier alpha value is -1.49. The third kappa shape index (κ3) is 1.92. The summed E-state index contributed by atoms with van der Waals surface area (Å²) in [7, 11) is 0. The third-order valence-electron chi connectivity index (χ3n) is 4.66. The average molecular weight is 257 g/mol. The molecule has 0 bridgehead atoms. The van der Waals surface area contributed by atoms with Gasteiger partial charge in [0.2, 0.25) is 0 Å². The fourth-order valence-electron chi connectivity index (χ4n) is 3.68. The highest BCUT2D eigenvalue weighted by Gasteiger charge is 2.34. The Balaban J connectivity index is 1.62. The Morgan fingerprint density at radius 2 is 2.05 bits per heavy atom. The van der Waals surface area contributed by atoms with Crippen molar-refractivity contribution in [2.24, 2.45) is 5.92 Å². The van der Waals surface area contributed by atoms with Crippen LogP contribution in [0, 0.1) is 5.92 Å². The maximum absolute atomic E-state index is 4.37. The summed E-state index contributed by atoms with van der Waals surface area (Å²) in [4.78, 5) is 0. The Morgan fingerprint density at radius 3 is 3.05 bits per heavy atom. The van der Waals surface area contributed by atoms with Crippen molar-refractivity contribution in [3.63, 3.8) is 0 Å². The number of nitrogens with zero attached hydrogens (tertiary/aromatic N) is 4. The zero-order chi connectivity index (χ0) is 12.7. The first-order chi connectivity index (χ1) is 9.42. The molecule has 0 amide bonds. The van der Waals surface area contributed by atoms with Crippen molar-refractivity contribution in [3.8, 4) is 0 Å². The minimum Gasteiger partial charge on any atom is -0.304 e. The van der Waals surface area contributed by atoms with E-state index in [0.717, 1.165) is 23.8 Å². The summed E-state index contributed by atoms with van der Waals surface area (Å²) in [5.74, 6) is 1.84. The van der Waals surface area contributed by atoms with Crippen LogP contribution in [-0.2, 0) is 0 Å². The van der Waals surface area contributed by atoms with Gasteiger partial charge in [-0.2, -0.15) is 9.61 Å². The molecule has 2 aromatic rings. The topological polar surface area (TPSA) is 55.1 Å². The second-order valence-electron chi connectivity index (χ2n) is 5.80. The first kappa shape index (κ1) is 11.3. The number of aromatic nitrogens is 4. The van der Waals surface area contributed by atoms with Crippen LogP contribution in [0.4, 0.5) is 0 Å². The number of rotatable bonds is 1. The molecule has 0 radical (unpaired) electrons. The summed E-state index contributed by atoms with van der Waals surface area (Å²) in [6.45, 7) is 0. The highest BCUT2D eigenvalue weighted by molar-refractivity contribution is 5.35. The van der Waals surface area contributed by atoms with Gasteiger partial charge in [0.05, 0.1) is 6.04 Å². The average Bonchev–Trinajstić information content (AvgIpc) is 2.91. The van der Waals surface area contributed by atoms with Gasteiger partial charge in [-0.1, -0.05) is 12.8 Å². The van der Waals surface area contributed by atoms with E-state index in [4.69, 9.17) is 0 Å². The van der Waals surface area contributed by atoms with Gasteiger partial charge in [0.25, 0.3) is 0 Å². The molecule has 1 aliphatic heterocycles. The molecule has 1 saturated heterocycles. The van der Waals surface area contributed by atoms with Crippen LogP contribution >= 0.6 is 0 Å². The summed E-state index contributed by atoms with van der Waals surface area (Å²) >= 11 is 0. The lowest BCUT2D eigenvalue weighted by molar-refractivity contribution is 0.172. The molecular weight excluding hydrogens is 238 g/mol. The number of nitrogens with one attached hydrogen (secondary N) is 1. The maximum Gasteiger partial charge on any atom is 0.177 e. The minimum absolute atomic E-state index is 0.309. The van der Waals surface area contributed by atoms with Crippen LogP contribution in [0.1, 0.15) is 50.4 Å². The fourth-order valence-corrected chi connectivity index (χ4v) is 3.68. The van der Waals surface area contributed by atoms with Gasteiger partial charge in [0.1, 0.15) is 0 Å². The molecule has 3 heterocycles. The molecule has 2 aliphatic rings. The van der Waals surface area contributed by atoms with Crippen LogP contribution in [0.3, 0.4) is 0 Å². The van der Waals surface area contributed by atoms with E-state index in [1.165, 1.54) is 32.1 Å². The highest BCUT2D eigenvalue weighted by Crippen LogP contribution is 2.36. The lowest BCUT2D eigenvalue weighted by Gasteiger charge is -2.39. The Morgan fingerprint density at radius 1 is 1.11 bits per heavy atom. The molecule has 0 aromatic carbocycles. The van der Waals surface area contributed by atoms with Gasteiger partial charge in [-0.05, 0) is 43.7 Å². The molecule has 2 fully saturated rings. The van der Waals surface area contributed by atoms with Gasteiger partial charge in [-0.3, -0.25) is 0 Å². The number of hydrogen-bond donors (Lipinski definition) is 1. The molecule has 0 spiro atoms. The number of fused-ring (bicyclic) bond motifs is 2. The smallest absolute Gasteiger partial charge is 0.177 e. The van der Waals surface area contributed by atoms with Crippen LogP contribution in [0.15, 0.2) is 18.3 Å². The van der Waals surface area contributed by atoms with E-state index >= 15 is 0 Å². The predicted octanol–water partition coefficient (Wildman–Crippen LogP) is 2.11. The van der Waals surface area contributed by atoms with Crippen molar-refractivity contribution in [2.75, 3.05) is 0 Å². The SMILES string of the molecule is c1cnn2c(C3CCC4CCCCC4N3)nnc2c1. The van der Waals surface area contributed by atoms with Gasteiger partial charge >= 0.3 is 0 Å². The second-order valence-corrected chi connectivity index (χ2v) is 5.80. The summed E-state index contributed by atoms with van der Waals surface area (Å²) in [5, 5.41) is 16.7. The molecule has 1 N–H and O–H groups in total. The van der Waals surface area contributed by atoms with Crippen LogP contribution in [-0.4, -0.2) is 25.9 Å². The standard InChI is InChI=1S/C14H19N5/c1-2-5-11-10(4-1)7-8-12(16-11)14-18-17-13-6-3-9-15-19(13)14/h3,6,9-12,16H,1-2,4-5,7-8H2. The first-order valence-corrected chi connectivity index (χ1v) is 7.34. The van der Waals surface area contributed by atoms with Crippen molar-refractivity contribution in [1.82, 2.24) is 25.1 Å². The normalized spacial score (nSPS) is 31.3. The zero-order valence-corrected chi connectivity index (χ0v) is 11.0. The van der Waals surface area contributed by atoms with Gasteiger partial charge in [-0.25, -0.2) is 0 Å². The number of piperidine rings is 1. The summed E-state index contributed by atoms with van der Waals surface area (Å²) in [5.41, 5.74) is 0.838. The van der Waals surface area contributed by atoms with E-state index in [2.05, 4.69) is 20.6 Å². The largest absolute Gasteiger partial charge is 0.304 e. The van der Waals surface area contributed by atoms with Crippen molar-refractivity contribution in [3.05, 3.63) is 24.2 Å². The van der Waals surface area contributed by atoms with Crippen LogP contribution in [0.2, 0.25) is 0 Å². The van der Waals surface area contributed by atoms with E-state index in [1.54, 1.807) is 6.20 Å². The van der Waals surface area contributed by atoms with Crippen molar-refractivity contribution in [2.45, 2.75) is 50.6 Å². The molecule has 4 rings (SSSR count). The zero-order valence-electron chi connectivity index (χ0n) is 11.0. The predicted molar refractivity (Wildman–Crippen MR) is 71.6 cm³/mol. The van der Waals surface area contributed by atoms with Crippen LogP contribution < -0.4 is 5.32 Å². The summed E-state index contributed by atoms with van der Waals surface area (Å²) < 4.78 is 1.88. The monoisotopic (exact) mass is 257 g/mol. The Bertz CT molecular complexity index is 578. The van der Waals surface area contributed by atoms with E-state index < -0.39 is 0 Å². The molecule has 1 saturated carbocycles. The molecule has 19 heavy (non-hydrogen) atoms. The molecule has 100 valence electrons. The molecule has 3 atom stereocenters. The number of hydrogen-bond acceptors (Lipinski definition) is 4. The highest BCUT2D eigenvalue weighted by atomic mass is 15.4. The quantitative estimate of drug-likeness (QED) is 0.850. The van der Waals surface area contributed by atoms with Crippen molar-refractivity contribution in [1.29, 1.82) is 0 Å². The second kappa shape index (κ2) is 4.56. The first-order valence-electron chi connectivity index (χ1n) is 7.34. The lowest BCUT2D eigenvalue weighted by Crippen LogP contribution is -2.45. The van der Waals surface area contributed by atoms with Gasteiger partial charge in [0.15, 0.2) is 11.5 Å². The fraction of sp³-hybridized carbons (Fsp3) is 0.643. The summed E-state index contributed by atoms with van der Waals surface area (Å²) in [6, 6.07) is 4.84. The molecule has 1 aliphatic carbocycles. The molecule has 2 aromatic heterocycles. The van der Waals surface area contributed by atoms with E-state index in [-0.39, 0.29) is 0 Å². The third-order valence-corrected chi connectivity index (χ3v) is 4.66. The molecule has 5 nitrogen and oxygen atoms in total. The lowest BCUT2D eigenvalue weighted by atomic mass is 9.77. The van der Waals surface area contributed by atoms with Crippen LogP contribution in [0.25, 0.3) is 5.65 Å². The van der Waals surface area contributed by atoms with E-state index in [1.807, 2.05) is 16.6 Å². The minimum atomic E-state index is 0.309.